The van der Waals surface area contributed by atoms with E-state index in [2.05, 4.69) is 45.4 Å². The molecule has 3 heterocycles. The number of hydrogen-bond donors (Lipinski definition) is 3. The zero-order valence-corrected chi connectivity index (χ0v) is 24.5. The average molecular weight is 573 g/mol. The summed E-state index contributed by atoms with van der Waals surface area (Å²) in [5, 5.41) is 16.0. The highest BCUT2D eigenvalue weighted by Crippen LogP contribution is 2.29. The van der Waals surface area contributed by atoms with E-state index in [9.17, 15) is 14.9 Å². The van der Waals surface area contributed by atoms with Gasteiger partial charge in [0.15, 0.2) is 5.16 Å². The number of anilines is 2. The Balaban J connectivity index is 1.37. The molecule has 0 bridgehead atoms. The van der Waals surface area contributed by atoms with Gasteiger partial charge in [0.25, 0.3) is 0 Å². The summed E-state index contributed by atoms with van der Waals surface area (Å²) in [5.41, 5.74) is 9.75. The summed E-state index contributed by atoms with van der Waals surface area (Å²) < 4.78 is 0. The summed E-state index contributed by atoms with van der Waals surface area (Å²) in [7, 11) is 0. The van der Waals surface area contributed by atoms with Gasteiger partial charge in [0.1, 0.15) is 17.5 Å². The van der Waals surface area contributed by atoms with Crippen molar-refractivity contribution in [3.8, 4) is 17.3 Å². The molecule has 0 radical (unpaired) electrons. The number of nitrogen functional groups attached to an aromatic ring is 1. The van der Waals surface area contributed by atoms with Gasteiger partial charge in [-0.1, -0.05) is 36.4 Å². The number of nitrogens with two attached hydrogens (primary N) is 1. The highest BCUT2D eigenvalue weighted by atomic mass is 32.2. The molecule has 214 valence electrons. The highest BCUT2D eigenvalue weighted by Gasteiger charge is 2.24. The van der Waals surface area contributed by atoms with E-state index in [0.717, 1.165) is 17.9 Å². The van der Waals surface area contributed by atoms with Crippen LogP contribution in [0.3, 0.4) is 0 Å². The molecule has 2 aromatic heterocycles. The lowest BCUT2D eigenvalue weighted by Gasteiger charge is -2.38. The number of nitrogens with zero attached hydrogens (tertiary/aromatic N) is 5. The van der Waals surface area contributed by atoms with Gasteiger partial charge >= 0.3 is 0 Å². The van der Waals surface area contributed by atoms with Crippen LogP contribution in [0.4, 0.5) is 11.5 Å². The number of thioether (sulfide) groups is 1. The summed E-state index contributed by atoms with van der Waals surface area (Å²) in [4.78, 5) is 40.0. The Labute approximate surface area is 245 Å². The number of pyridine rings is 1. The molecule has 1 aliphatic heterocycles. The molecule has 11 heteroatoms. The largest absolute Gasteiger partial charge is 0.382 e. The Kier molecular flexibility index (Phi) is 10.3. The van der Waals surface area contributed by atoms with Crippen LogP contribution in [-0.2, 0) is 21.8 Å². The van der Waals surface area contributed by atoms with E-state index < -0.39 is 0 Å². The van der Waals surface area contributed by atoms with Gasteiger partial charge in [-0.3, -0.25) is 19.5 Å². The molecule has 4 N–H and O–H groups in total. The smallest absolute Gasteiger partial charge is 0.221 e. The molecule has 1 fully saturated rings. The Morgan fingerprint density at radius 2 is 1.90 bits per heavy atom. The van der Waals surface area contributed by atoms with Gasteiger partial charge in [0.05, 0.1) is 17.6 Å². The molecule has 0 aliphatic carbocycles. The first-order valence-corrected chi connectivity index (χ1v) is 14.8. The molecule has 1 aromatic carbocycles. The number of amides is 2. The molecule has 3 aromatic rings. The van der Waals surface area contributed by atoms with Crippen LogP contribution in [0.15, 0.2) is 47.6 Å². The number of rotatable bonds is 10. The Morgan fingerprint density at radius 3 is 2.61 bits per heavy atom. The van der Waals surface area contributed by atoms with Crippen molar-refractivity contribution in [2.75, 3.05) is 17.6 Å². The second-order valence-corrected chi connectivity index (χ2v) is 11.2. The zero-order valence-electron chi connectivity index (χ0n) is 23.7. The quantitative estimate of drug-likeness (QED) is 0.235. The van der Waals surface area contributed by atoms with Crippen LogP contribution in [0.1, 0.15) is 63.4 Å². The van der Waals surface area contributed by atoms with E-state index >= 15 is 0 Å². The standard InChI is InChI=1S/C30H36N8O2S/c1-19-7-4-5-16-38(19)20(2)33-27(40)15-14-23-8-6-9-25(35-23)18-41-30-36-28(26(17-31)29(32)37-30)22-10-12-24(13-11-22)34-21(3)39/h6,8-13,19-20H,4-5,7,14-16,18H2,1-3H3,(H,33,40)(H,34,39)(H2,32,36,37). The lowest BCUT2D eigenvalue weighted by molar-refractivity contribution is -0.123. The van der Waals surface area contributed by atoms with Gasteiger partial charge in [0, 0.05) is 48.6 Å². The van der Waals surface area contributed by atoms with Crippen molar-refractivity contribution in [3.63, 3.8) is 0 Å². The van der Waals surface area contributed by atoms with Crippen LogP contribution in [-0.4, -0.2) is 50.4 Å². The molecular weight excluding hydrogens is 536 g/mol. The zero-order chi connectivity index (χ0) is 29.4. The second kappa shape index (κ2) is 14.1. The third-order valence-corrected chi connectivity index (χ3v) is 7.93. The number of aromatic nitrogens is 3. The number of carbonyl (C=O) groups excluding carboxylic acids is 2. The summed E-state index contributed by atoms with van der Waals surface area (Å²) in [6.45, 7) is 6.74. The first-order chi connectivity index (χ1) is 19.7. The number of nitriles is 1. The maximum absolute atomic E-state index is 12.6. The molecule has 1 aliphatic rings. The molecule has 1 saturated heterocycles. The van der Waals surface area contributed by atoms with Crippen molar-refractivity contribution >= 4 is 35.1 Å². The number of hydrogen-bond acceptors (Lipinski definition) is 9. The number of aryl methyl sites for hydroxylation is 1. The third-order valence-electron chi connectivity index (χ3n) is 7.05. The Bertz CT molecular complexity index is 1420. The average Bonchev–Trinajstić information content (AvgIpc) is 2.95. The minimum absolute atomic E-state index is 0.0217. The normalized spacial score (nSPS) is 16.0. The predicted octanol–water partition coefficient (Wildman–Crippen LogP) is 4.51. The third kappa shape index (κ3) is 8.25. The maximum Gasteiger partial charge on any atom is 0.221 e. The number of piperidine rings is 1. The molecule has 4 rings (SSSR count). The van der Waals surface area contributed by atoms with Crippen LogP contribution < -0.4 is 16.4 Å². The van der Waals surface area contributed by atoms with Crippen LogP contribution in [0.25, 0.3) is 11.3 Å². The van der Waals surface area contributed by atoms with Crippen molar-refractivity contribution in [1.82, 2.24) is 25.2 Å². The second-order valence-electron chi connectivity index (χ2n) is 10.2. The lowest BCUT2D eigenvalue weighted by atomic mass is 10.0. The van der Waals surface area contributed by atoms with E-state index in [1.165, 1.54) is 37.9 Å². The topological polar surface area (TPSA) is 150 Å². The summed E-state index contributed by atoms with van der Waals surface area (Å²) >= 11 is 1.37. The van der Waals surface area contributed by atoms with E-state index in [1.807, 2.05) is 18.2 Å². The highest BCUT2D eigenvalue weighted by molar-refractivity contribution is 7.98. The van der Waals surface area contributed by atoms with Crippen molar-refractivity contribution in [2.24, 2.45) is 0 Å². The number of carbonyl (C=O) groups is 2. The molecule has 2 unspecified atom stereocenters. The summed E-state index contributed by atoms with van der Waals surface area (Å²) in [6, 6.07) is 15.4. The van der Waals surface area contributed by atoms with Gasteiger partial charge in [-0.05, 0) is 57.4 Å². The lowest BCUT2D eigenvalue weighted by Crippen LogP contribution is -2.51. The fourth-order valence-corrected chi connectivity index (χ4v) is 5.72. The SMILES string of the molecule is CC(=O)Nc1ccc(-c2nc(SCc3cccc(CCC(=O)NC(C)N4CCCCC4C)n3)nc(N)c2C#N)cc1. The first kappa shape index (κ1) is 30.0. The van der Waals surface area contributed by atoms with Crippen LogP contribution in [0.2, 0.25) is 0 Å². The molecule has 0 spiro atoms. The van der Waals surface area contributed by atoms with Gasteiger partial charge in [-0.25, -0.2) is 9.97 Å². The van der Waals surface area contributed by atoms with E-state index in [0.29, 0.717) is 46.7 Å². The van der Waals surface area contributed by atoms with E-state index in [1.54, 1.807) is 24.3 Å². The molecule has 0 saturated carbocycles. The first-order valence-electron chi connectivity index (χ1n) is 13.8. The van der Waals surface area contributed by atoms with Crippen molar-refractivity contribution in [2.45, 2.75) is 76.0 Å². The minimum Gasteiger partial charge on any atom is -0.382 e. The van der Waals surface area contributed by atoms with Gasteiger partial charge < -0.3 is 16.4 Å². The van der Waals surface area contributed by atoms with E-state index in [-0.39, 0.29) is 29.4 Å². The van der Waals surface area contributed by atoms with Crippen molar-refractivity contribution < 1.29 is 9.59 Å². The van der Waals surface area contributed by atoms with E-state index in [4.69, 9.17) is 10.7 Å². The molecule has 41 heavy (non-hydrogen) atoms. The Hall–Kier alpha value is -4.01. The van der Waals surface area contributed by atoms with Crippen LogP contribution in [0.5, 0.6) is 0 Å². The van der Waals surface area contributed by atoms with Crippen molar-refractivity contribution in [1.29, 1.82) is 5.26 Å². The van der Waals surface area contributed by atoms with Gasteiger partial charge in [0.2, 0.25) is 11.8 Å². The number of likely N-dealkylation sites (tertiary alicyclic amines) is 1. The van der Waals surface area contributed by atoms with Crippen LogP contribution >= 0.6 is 11.8 Å². The molecule has 2 amide bonds. The number of nitrogens with one attached hydrogen (secondary N) is 2. The fraction of sp³-hybridized carbons (Fsp3) is 0.400. The maximum atomic E-state index is 12.6. The number of benzene rings is 1. The Morgan fingerprint density at radius 1 is 1.15 bits per heavy atom. The molecular formula is C30H36N8O2S. The minimum atomic E-state index is -0.168. The molecule has 10 nitrogen and oxygen atoms in total. The molecule has 2 atom stereocenters. The van der Waals surface area contributed by atoms with Gasteiger partial charge in [-0.15, -0.1) is 0 Å². The fourth-order valence-electron chi connectivity index (χ4n) is 4.97. The monoisotopic (exact) mass is 572 g/mol. The van der Waals surface area contributed by atoms with Gasteiger partial charge in [-0.2, -0.15) is 5.26 Å². The van der Waals surface area contributed by atoms with Crippen LogP contribution in [0, 0.1) is 11.3 Å². The summed E-state index contributed by atoms with van der Waals surface area (Å²) in [5.74, 6) is 0.456. The predicted molar refractivity (Wildman–Crippen MR) is 161 cm³/mol. The summed E-state index contributed by atoms with van der Waals surface area (Å²) in [6.07, 6.45) is 4.53. The van der Waals surface area contributed by atoms with Crippen molar-refractivity contribution in [3.05, 3.63) is 59.4 Å².